The molecule has 0 aliphatic rings. The topological polar surface area (TPSA) is 81.6 Å². The third kappa shape index (κ3) is 3.05. The van der Waals surface area contributed by atoms with Gasteiger partial charge >= 0.3 is 0 Å². The number of benzene rings is 1. The van der Waals surface area contributed by atoms with Gasteiger partial charge in [0, 0.05) is 30.1 Å². The van der Waals surface area contributed by atoms with Gasteiger partial charge in [-0.1, -0.05) is 0 Å². The normalized spacial score (nSPS) is 9.88. The van der Waals surface area contributed by atoms with E-state index in [9.17, 15) is 4.79 Å². The van der Waals surface area contributed by atoms with Crippen molar-refractivity contribution < 1.29 is 9.53 Å². The average molecular weight is 223 g/mol. The zero-order chi connectivity index (χ0) is 12.1. The molecule has 88 valence electrons. The number of nitrogen functional groups attached to an aromatic ring is 1. The monoisotopic (exact) mass is 223 g/mol. The first kappa shape index (κ1) is 12.2. The second-order valence-corrected chi connectivity index (χ2v) is 3.44. The molecule has 5 heteroatoms. The second kappa shape index (κ2) is 5.25. The Morgan fingerprint density at radius 2 is 2.12 bits per heavy atom. The van der Waals surface area contributed by atoms with Gasteiger partial charge in [0.25, 0.3) is 0 Å². The molecule has 0 atom stereocenters. The number of rotatable bonds is 5. The number of likely N-dealkylation sites (N-methyl/N-ethyl adjacent to an activating group) is 1. The van der Waals surface area contributed by atoms with Gasteiger partial charge in [0.2, 0.25) is 5.91 Å². The number of nitrogens with zero attached hydrogens (tertiary/aromatic N) is 1. The van der Waals surface area contributed by atoms with E-state index in [0.717, 1.165) is 5.69 Å². The summed E-state index contributed by atoms with van der Waals surface area (Å²) >= 11 is 0. The number of primary amides is 1. The molecule has 1 amide bonds. The molecule has 0 aromatic heterocycles. The molecular weight excluding hydrogens is 206 g/mol. The van der Waals surface area contributed by atoms with Crippen LogP contribution in [-0.2, 0) is 4.79 Å². The van der Waals surface area contributed by atoms with Crippen LogP contribution in [0.5, 0.6) is 5.75 Å². The van der Waals surface area contributed by atoms with Crippen LogP contribution >= 0.6 is 0 Å². The Morgan fingerprint density at radius 1 is 1.44 bits per heavy atom. The predicted molar refractivity (Wildman–Crippen MR) is 64.5 cm³/mol. The number of nitrogens with two attached hydrogens (primary N) is 2. The lowest BCUT2D eigenvalue weighted by Gasteiger charge is -2.22. The van der Waals surface area contributed by atoms with Gasteiger partial charge < -0.3 is 21.1 Å². The van der Waals surface area contributed by atoms with Crippen LogP contribution in [0.15, 0.2) is 18.2 Å². The molecule has 0 bridgehead atoms. The van der Waals surface area contributed by atoms with Gasteiger partial charge in [0.15, 0.2) is 0 Å². The van der Waals surface area contributed by atoms with Crippen LogP contribution in [0, 0.1) is 0 Å². The number of carbonyl (C=O) groups is 1. The first-order valence-electron chi connectivity index (χ1n) is 5.04. The van der Waals surface area contributed by atoms with Crippen LogP contribution in [-0.4, -0.2) is 26.1 Å². The summed E-state index contributed by atoms with van der Waals surface area (Å²) in [7, 11) is 1.57. The third-order valence-corrected chi connectivity index (χ3v) is 2.24. The Kier molecular flexibility index (Phi) is 3.99. The lowest BCUT2D eigenvalue weighted by Crippen LogP contribution is -2.33. The molecule has 1 aromatic rings. The summed E-state index contributed by atoms with van der Waals surface area (Å²) in [6.45, 7) is 2.79. The molecule has 1 rings (SSSR count). The van der Waals surface area contributed by atoms with Gasteiger partial charge in [-0.05, 0) is 13.0 Å². The minimum absolute atomic E-state index is 0.170. The van der Waals surface area contributed by atoms with Crippen LogP contribution in [0.1, 0.15) is 6.92 Å². The van der Waals surface area contributed by atoms with Crippen molar-refractivity contribution >= 4 is 17.3 Å². The van der Waals surface area contributed by atoms with Gasteiger partial charge in [0.05, 0.1) is 13.7 Å². The Labute approximate surface area is 95.0 Å². The Bertz CT molecular complexity index is 379. The highest BCUT2D eigenvalue weighted by molar-refractivity contribution is 5.80. The predicted octanol–water partition coefficient (Wildman–Crippen LogP) is 0.589. The fourth-order valence-corrected chi connectivity index (χ4v) is 1.48. The molecule has 0 heterocycles. The molecule has 0 fully saturated rings. The molecule has 16 heavy (non-hydrogen) atoms. The summed E-state index contributed by atoms with van der Waals surface area (Å²) in [6, 6.07) is 5.33. The summed E-state index contributed by atoms with van der Waals surface area (Å²) in [4.78, 5) is 12.7. The molecule has 0 saturated heterocycles. The number of hydrogen-bond acceptors (Lipinski definition) is 4. The van der Waals surface area contributed by atoms with Crippen LogP contribution in [0.25, 0.3) is 0 Å². The van der Waals surface area contributed by atoms with E-state index in [1.807, 2.05) is 17.9 Å². The van der Waals surface area contributed by atoms with E-state index in [2.05, 4.69) is 0 Å². The standard InChI is InChI=1S/C11H17N3O2/c1-3-14(7-11(13)15)9-4-8(12)5-10(6-9)16-2/h4-6H,3,7,12H2,1-2H3,(H2,13,15). The van der Waals surface area contributed by atoms with Crippen molar-refractivity contribution in [2.45, 2.75) is 6.92 Å². The summed E-state index contributed by atoms with van der Waals surface area (Å²) in [6.07, 6.45) is 0. The van der Waals surface area contributed by atoms with Gasteiger partial charge in [-0.15, -0.1) is 0 Å². The molecule has 0 saturated carbocycles. The molecule has 1 aromatic carbocycles. The van der Waals surface area contributed by atoms with E-state index in [-0.39, 0.29) is 12.5 Å². The highest BCUT2D eigenvalue weighted by Gasteiger charge is 2.09. The fraction of sp³-hybridized carbons (Fsp3) is 0.364. The SMILES string of the molecule is CCN(CC(N)=O)c1cc(N)cc(OC)c1. The highest BCUT2D eigenvalue weighted by atomic mass is 16.5. The Balaban J connectivity index is 2.99. The van der Waals surface area contributed by atoms with Gasteiger partial charge in [-0.25, -0.2) is 0 Å². The summed E-state index contributed by atoms with van der Waals surface area (Å²) in [5.41, 5.74) is 12.3. The number of carbonyl (C=O) groups excluding carboxylic acids is 1. The molecular formula is C11H17N3O2. The summed E-state index contributed by atoms with van der Waals surface area (Å²) in [5.74, 6) is 0.293. The van der Waals surface area contributed by atoms with Crippen LogP contribution in [0.4, 0.5) is 11.4 Å². The van der Waals surface area contributed by atoms with Crippen molar-refractivity contribution in [2.75, 3.05) is 30.8 Å². The van der Waals surface area contributed by atoms with Crippen LogP contribution < -0.4 is 21.1 Å². The van der Waals surface area contributed by atoms with Crippen LogP contribution in [0.2, 0.25) is 0 Å². The molecule has 0 radical (unpaired) electrons. The van der Waals surface area contributed by atoms with Gasteiger partial charge in [-0.2, -0.15) is 0 Å². The molecule has 4 N–H and O–H groups in total. The van der Waals surface area contributed by atoms with Crippen molar-refractivity contribution in [1.82, 2.24) is 0 Å². The molecule has 0 aliphatic heterocycles. The maximum absolute atomic E-state index is 10.9. The zero-order valence-corrected chi connectivity index (χ0v) is 9.56. The first-order chi connectivity index (χ1) is 7.56. The van der Waals surface area contributed by atoms with Crippen molar-refractivity contribution in [2.24, 2.45) is 5.73 Å². The van der Waals surface area contributed by atoms with E-state index in [1.165, 1.54) is 0 Å². The van der Waals surface area contributed by atoms with Crippen molar-refractivity contribution in [3.8, 4) is 5.75 Å². The molecule has 0 spiro atoms. The maximum Gasteiger partial charge on any atom is 0.236 e. The zero-order valence-electron chi connectivity index (χ0n) is 9.56. The first-order valence-corrected chi connectivity index (χ1v) is 5.04. The summed E-state index contributed by atoms with van der Waals surface area (Å²) < 4.78 is 5.11. The number of ether oxygens (including phenoxy) is 1. The number of hydrogen-bond donors (Lipinski definition) is 2. The minimum atomic E-state index is -0.372. The number of methoxy groups -OCH3 is 1. The smallest absolute Gasteiger partial charge is 0.236 e. The Morgan fingerprint density at radius 3 is 2.62 bits per heavy atom. The molecule has 0 aliphatic carbocycles. The highest BCUT2D eigenvalue weighted by Crippen LogP contribution is 2.25. The lowest BCUT2D eigenvalue weighted by atomic mass is 10.2. The average Bonchev–Trinajstić information content (AvgIpc) is 2.24. The van der Waals surface area contributed by atoms with E-state index < -0.39 is 0 Å². The van der Waals surface area contributed by atoms with E-state index >= 15 is 0 Å². The van der Waals surface area contributed by atoms with Crippen molar-refractivity contribution in [3.05, 3.63) is 18.2 Å². The van der Waals surface area contributed by atoms with E-state index in [0.29, 0.717) is 18.0 Å². The van der Waals surface area contributed by atoms with E-state index in [1.54, 1.807) is 19.2 Å². The van der Waals surface area contributed by atoms with Crippen LogP contribution in [0.3, 0.4) is 0 Å². The largest absolute Gasteiger partial charge is 0.497 e. The lowest BCUT2D eigenvalue weighted by molar-refractivity contribution is -0.116. The van der Waals surface area contributed by atoms with Gasteiger partial charge in [-0.3, -0.25) is 4.79 Å². The molecule has 5 nitrogen and oxygen atoms in total. The Hall–Kier alpha value is -1.91. The number of anilines is 2. The quantitative estimate of drug-likeness (QED) is 0.716. The van der Waals surface area contributed by atoms with E-state index in [4.69, 9.17) is 16.2 Å². The maximum atomic E-state index is 10.9. The fourth-order valence-electron chi connectivity index (χ4n) is 1.48. The number of amides is 1. The third-order valence-electron chi connectivity index (χ3n) is 2.24. The summed E-state index contributed by atoms with van der Waals surface area (Å²) in [5, 5.41) is 0. The minimum Gasteiger partial charge on any atom is -0.497 e. The second-order valence-electron chi connectivity index (χ2n) is 3.44. The van der Waals surface area contributed by atoms with Gasteiger partial charge in [0.1, 0.15) is 5.75 Å². The van der Waals surface area contributed by atoms with Crippen molar-refractivity contribution in [3.63, 3.8) is 0 Å². The van der Waals surface area contributed by atoms with Crippen molar-refractivity contribution in [1.29, 1.82) is 0 Å². The molecule has 0 unspecified atom stereocenters.